The second-order valence-corrected chi connectivity index (χ2v) is 4.58. The van der Waals surface area contributed by atoms with Gasteiger partial charge in [-0.2, -0.15) is 0 Å². The summed E-state index contributed by atoms with van der Waals surface area (Å²) in [6.45, 7) is 0. The molecule has 0 N–H and O–H groups in total. The second-order valence-electron chi connectivity index (χ2n) is 4.58. The van der Waals surface area contributed by atoms with Crippen LogP contribution in [0.15, 0.2) is 55.1 Å². The van der Waals surface area contributed by atoms with E-state index in [1.165, 1.54) is 0 Å². The van der Waals surface area contributed by atoms with Crippen LogP contribution in [0.2, 0.25) is 0 Å². The van der Waals surface area contributed by atoms with Gasteiger partial charge in [0.05, 0.1) is 12.7 Å². The molecular formula is C17H13N3O3. The summed E-state index contributed by atoms with van der Waals surface area (Å²) in [4.78, 5) is 23.4. The molecule has 0 radical (unpaired) electrons. The lowest BCUT2D eigenvalue weighted by molar-refractivity contribution is 0.112. The number of ether oxygens (including phenoxy) is 2. The van der Waals surface area contributed by atoms with Crippen LogP contribution < -0.4 is 9.47 Å². The average molecular weight is 307 g/mol. The number of methoxy groups -OCH3 is 1. The number of carbonyl (C=O) groups excluding carboxylic acids is 1. The van der Waals surface area contributed by atoms with Gasteiger partial charge in [-0.15, -0.1) is 0 Å². The average Bonchev–Trinajstić information content (AvgIpc) is 2.63. The Morgan fingerprint density at radius 3 is 2.52 bits per heavy atom. The standard InChI is InChI=1S/C17H13N3O3/c1-22-15-6-7-18-10-14(15)16-17(20-9-8-19-16)23-13-4-2-12(11-21)3-5-13/h2-11H,1H3. The Bertz CT molecular complexity index is 819. The first-order valence-corrected chi connectivity index (χ1v) is 6.84. The SMILES string of the molecule is COc1ccncc1-c1nccnc1Oc1ccc(C=O)cc1. The molecule has 2 heterocycles. The van der Waals surface area contributed by atoms with Crippen LogP contribution >= 0.6 is 0 Å². The molecule has 2 aromatic heterocycles. The predicted molar refractivity (Wildman–Crippen MR) is 83.7 cm³/mol. The van der Waals surface area contributed by atoms with Crippen LogP contribution in [0.4, 0.5) is 0 Å². The molecule has 6 nitrogen and oxygen atoms in total. The monoisotopic (exact) mass is 307 g/mol. The van der Waals surface area contributed by atoms with Gasteiger partial charge in [-0.05, 0) is 30.3 Å². The predicted octanol–water partition coefficient (Wildman–Crippen LogP) is 3.15. The molecule has 0 aliphatic carbocycles. The fourth-order valence-electron chi connectivity index (χ4n) is 2.05. The van der Waals surface area contributed by atoms with Gasteiger partial charge < -0.3 is 9.47 Å². The molecule has 0 atom stereocenters. The zero-order chi connectivity index (χ0) is 16.1. The second kappa shape index (κ2) is 6.65. The van der Waals surface area contributed by atoms with E-state index in [1.807, 2.05) is 0 Å². The third-order valence-electron chi connectivity index (χ3n) is 3.15. The first-order chi connectivity index (χ1) is 11.3. The molecule has 3 aromatic rings. The number of hydrogen-bond donors (Lipinski definition) is 0. The summed E-state index contributed by atoms with van der Waals surface area (Å²) in [7, 11) is 1.58. The van der Waals surface area contributed by atoms with E-state index < -0.39 is 0 Å². The van der Waals surface area contributed by atoms with Gasteiger partial charge in [0.15, 0.2) is 0 Å². The van der Waals surface area contributed by atoms with Crippen molar-refractivity contribution in [1.82, 2.24) is 15.0 Å². The van der Waals surface area contributed by atoms with Gasteiger partial charge in [0.1, 0.15) is 23.5 Å². The van der Waals surface area contributed by atoms with Gasteiger partial charge in [0.2, 0.25) is 5.88 Å². The molecule has 0 saturated carbocycles. The zero-order valence-electron chi connectivity index (χ0n) is 12.3. The Labute approximate surface area is 132 Å². The smallest absolute Gasteiger partial charge is 0.246 e. The zero-order valence-corrected chi connectivity index (χ0v) is 12.3. The van der Waals surface area contributed by atoms with Crippen molar-refractivity contribution in [2.24, 2.45) is 0 Å². The van der Waals surface area contributed by atoms with Crippen LogP contribution in [-0.2, 0) is 0 Å². The summed E-state index contributed by atoms with van der Waals surface area (Å²) in [5.41, 5.74) is 1.78. The number of carbonyl (C=O) groups is 1. The van der Waals surface area contributed by atoms with Gasteiger partial charge >= 0.3 is 0 Å². The van der Waals surface area contributed by atoms with E-state index in [0.717, 1.165) is 6.29 Å². The summed E-state index contributed by atoms with van der Waals surface area (Å²) >= 11 is 0. The molecule has 0 saturated heterocycles. The Morgan fingerprint density at radius 2 is 1.78 bits per heavy atom. The van der Waals surface area contributed by atoms with E-state index in [4.69, 9.17) is 9.47 Å². The number of aldehydes is 1. The number of aromatic nitrogens is 3. The molecule has 0 aliphatic heterocycles. The van der Waals surface area contributed by atoms with Crippen molar-refractivity contribution in [3.05, 3.63) is 60.7 Å². The first kappa shape index (κ1) is 14.6. The molecule has 0 spiro atoms. The molecule has 0 amide bonds. The topological polar surface area (TPSA) is 74.2 Å². The van der Waals surface area contributed by atoms with Gasteiger partial charge in [-0.25, -0.2) is 9.97 Å². The Hall–Kier alpha value is -3.28. The van der Waals surface area contributed by atoms with Crippen molar-refractivity contribution >= 4 is 6.29 Å². The van der Waals surface area contributed by atoms with Crippen LogP contribution in [-0.4, -0.2) is 28.3 Å². The maximum absolute atomic E-state index is 10.7. The maximum atomic E-state index is 10.7. The number of benzene rings is 1. The molecule has 1 aromatic carbocycles. The minimum absolute atomic E-state index is 0.331. The Kier molecular flexibility index (Phi) is 4.24. The molecule has 0 unspecified atom stereocenters. The van der Waals surface area contributed by atoms with E-state index in [-0.39, 0.29) is 0 Å². The number of nitrogens with zero attached hydrogens (tertiary/aromatic N) is 3. The molecule has 0 aliphatic rings. The number of rotatable bonds is 5. The highest BCUT2D eigenvalue weighted by molar-refractivity contribution is 5.75. The third-order valence-corrected chi connectivity index (χ3v) is 3.15. The highest BCUT2D eigenvalue weighted by atomic mass is 16.5. The Balaban J connectivity index is 1.98. The van der Waals surface area contributed by atoms with E-state index in [9.17, 15) is 4.79 Å². The molecule has 0 bridgehead atoms. The highest BCUT2D eigenvalue weighted by Gasteiger charge is 2.14. The minimum atomic E-state index is 0.331. The summed E-state index contributed by atoms with van der Waals surface area (Å²) in [6, 6.07) is 8.48. The van der Waals surface area contributed by atoms with Crippen LogP contribution in [0.25, 0.3) is 11.3 Å². The molecule has 0 fully saturated rings. The molecule has 6 heteroatoms. The van der Waals surface area contributed by atoms with Crippen LogP contribution in [0.3, 0.4) is 0 Å². The Morgan fingerprint density at radius 1 is 1.00 bits per heavy atom. The minimum Gasteiger partial charge on any atom is -0.496 e. The lowest BCUT2D eigenvalue weighted by atomic mass is 10.2. The van der Waals surface area contributed by atoms with Crippen LogP contribution in [0.1, 0.15) is 10.4 Å². The number of hydrogen-bond acceptors (Lipinski definition) is 6. The highest BCUT2D eigenvalue weighted by Crippen LogP contribution is 2.34. The fraction of sp³-hybridized carbons (Fsp3) is 0.0588. The van der Waals surface area contributed by atoms with E-state index in [1.54, 1.807) is 62.2 Å². The molecular weight excluding hydrogens is 294 g/mol. The molecule has 23 heavy (non-hydrogen) atoms. The van der Waals surface area contributed by atoms with Gasteiger partial charge in [0, 0.05) is 30.4 Å². The van der Waals surface area contributed by atoms with Crippen molar-refractivity contribution in [1.29, 1.82) is 0 Å². The van der Waals surface area contributed by atoms with E-state index in [0.29, 0.717) is 34.2 Å². The van der Waals surface area contributed by atoms with Crippen molar-refractivity contribution in [3.63, 3.8) is 0 Å². The van der Waals surface area contributed by atoms with Gasteiger partial charge in [-0.1, -0.05) is 0 Å². The summed E-state index contributed by atoms with van der Waals surface area (Å²) in [6.07, 6.45) is 7.17. The largest absolute Gasteiger partial charge is 0.496 e. The van der Waals surface area contributed by atoms with E-state index in [2.05, 4.69) is 15.0 Å². The van der Waals surface area contributed by atoms with Crippen molar-refractivity contribution in [2.75, 3.05) is 7.11 Å². The summed E-state index contributed by atoms with van der Waals surface area (Å²) in [5.74, 6) is 1.51. The van der Waals surface area contributed by atoms with Gasteiger partial charge in [0.25, 0.3) is 0 Å². The number of pyridine rings is 1. The quantitative estimate of drug-likeness (QED) is 0.674. The lowest BCUT2D eigenvalue weighted by Gasteiger charge is -2.11. The molecule has 3 rings (SSSR count). The maximum Gasteiger partial charge on any atom is 0.246 e. The summed E-state index contributed by atoms with van der Waals surface area (Å²) in [5, 5.41) is 0. The summed E-state index contributed by atoms with van der Waals surface area (Å²) < 4.78 is 11.1. The van der Waals surface area contributed by atoms with Crippen LogP contribution in [0.5, 0.6) is 17.4 Å². The third kappa shape index (κ3) is 3.16. The normalized spacial score (nSPS) is 10.1. The first-order valence-electron chi connectivity index (χ1n) is 6.84. The van der Waals surface area contributed by atoms with Crippen molar-refractivity contribution < 1.29 is 14.3 Å². The molecule has 114 valence electrons. The van der Waals surface area contributed by atoms with Crippen molar-refractivity contribution in [3.8, 4) is 28.6 Å². The lowest BCUT2D eigenvalue weighted by Crippen LogP contribution is -1.96. The van der Waals surface area contributed by atoms with Gasteiger partial charge in [-0.3, -0.25) is 9.78 Å². The fourth-order valence-corrected chi connectivity index (χ4v) is 2.05. The van der Waals surface area contributed by atoms with Crippen LogP contribution in [0, 0.1) is 0 Å². The van der Waals surface area contributed by atoms with Crippen molar-refractivity contribution in [2.45, 2.75) is 0 Å². The van der Waals surface area contributed by atoms with E-state index >= 15 is 0 Å².